The summed E-state index contributed by atoms with van der Waals surface area (Å²) in [4.78, 5) is 12.4. The van der Waals surface area contributed by atoms with Gasteiger partial charge in [0, 0.05) is 12.2 Å². The van der Waals surface area contributed by atoms with Crippen LogP contribution in [0.25, 0.3) is 0 Å². The van der Waals surface area contributed by atoms with Crippen molar-refractivity contribution in [2.24, 2.45) is 0 Å². The molecule has 0 saturated carbocycles. The van der Waals surface area contributed by atoms with Gasteiger partial charge in [0.15, 0.2) is 0 Å². The lowest BCUT2D eigenvalue weighted by atomic mass is 10.1. The van der Waals surface area contributed by atoms with Crippen LogP contribution in [-0.2, 0) is 21.4 Å². The Kier molecular flexibility index (Phi) is 5.98. The monoisotopic (exact) mass is 360 g/mol. The normalized spacial score (nSPS) is 11.6. The summed E-state index contributed by atoms with van der Waals surface area (Å²) in [5.41, 5.74) is 4.64. The first-order valence-electron chi connectivity index (χ1n) is 8.03. The third-order valence-corrected chi connectivity index (χ3v) is 5.31. The number of sulfonamides is 1. The van der Waals surface area contributed by atoms with Gasteiger partial charge in [-0.05, 0) is 43.5 Å². The Morgan fingerprint density at radius 2 is 1.76 bits per heavy atom. The van der Waals surface area contributed by atoms with Crippen molar-refractivity contribution in [1.29, 1.82) is 0 Å². The van der Waals surface area contributed by atoms with E-state index in [1.165, 1.54) is 4.31 Å². The number of benzene rings is 2. The molecule has 0 heterocycles. The molecule has 2 aromatic rings. The van der Waals surface area contributed by atoms with Gasteiger partial charge in [-0.15, -0.1) is 0 Å². The van der Waals surface area contributed by atoms with Crippen molar-refractivity contribution in [1.82, 2.24) is 4.31 Å². The Balaban J connectivity index is 2.14. The van der Waals surface area contributed by atoms with E-state index in [2.05, 4.69) is 5.32 Å². The van der Waals surface area contributed by atoms with E-state index in [4.69, 9.17) is 0 Å². The van der Waals surface area contributed by atoms with Crippen molar-refractivity contribution < 1.29 is 13.2 Å². The van der Waals surface area contributed by atoms with Crippen LogP contribution in [0.1, 0.15) is 22.3 Å². The largest absolute Gasteiger partial charge is 0.325 e. The number of carbonyl (C=O) groups excluding carboxylic acids is 1. The number of nitrogens with one attached hydrogen (secondary N) is 1. The van der Waals surface area contributed by atoms with Gasteiger partial charge in [-0.3, -0.25) is 4.79 Å². The van der Waals surface area contributed by atoms with E-state index < -0.39 is 10.0 Å². The van der Waals surface area contributed by atoms with Crippen LogP contribution in [0.3, 0.4) is 0 Å². The highest BCUT2D eigenvalue weighted by Gasteiger charge is 2.21. The van der Waals surface area contributed by atoms with Crippen LogP contribution in [0, 0.1) is 20.8 Å². The molecule has 0 aliphatic heterocycles. The Morgan fingerprint density at radius 3 is 2.40 bits per heavy atom. The molecule has 2 rings (SSSR count). The first-order valence-corrected chi connectivity index (χ1v) is 9.88. The summed E-state index contributed by atoms with van der Waals surface area (Å²) in [5.74, 6) is -0.355. The minimum Gasteiger partial charge on any atom is -0.325 e. The zero-order valence-electron chi connectivity index (χ0n) is 15.0. The van der Waals surface area contributed by atoms with Gasteiger partial charge in [-0.2, -0.15) is 4.31 Å². The number of nitrogens with zero attached hydrogens (tertiary/aromatic N) is 1. The first-order chi connectivity index (χ1) is 11.7. The van der Waals surface area contributed by atoms with Crippen LogP contribution in [0.2, 0.25) is 0 Å². The van der Waals surface area contributed by atoms with E-state index in [0.29, 0.717) is 5.69 Å². The number of aryl methyl sites for hydroxylation is 2. The van der Waals surface area contributed by atoms with Gasteiger partial charge in [-0.1, -0.05) is 42.0 Å². The van der Waals surface area contributed by atoms with Gasteiger partial charge < -0.3 is 5.32 Å². The third-order valence-electron chi connectivity index (χ3n) is 4.11. The number of rotatable bonds is 6. The maximum Gasteiger partial charge on any atom is 0.239 e. The number of amides is 1. The quantitative estimate of drug-likeness (QED) is 0.861. The molecule has 0 bridgehead atoms. The van der Waals surface area contributed by atoms with Crippen LogP contribution in [-0.4, -0.2) is 31.4 Å². The minimum atomic E-state index is -3.51. The van der Waals surface area contributed by atoms with Gasteiger partial charge >= 0.3 is 0 Å². The fourth-order valence-electron chi connectivity index (χ4n) is 2.54. The first kappa shape index (κ1) is 19.1. The Bertz CT molecular complexity index is 876. The van der Waals surface area contributed by atoms with Gasteiger partial charge in [0.25, 0.3) is 0 Å². The second-order valence-corrected chi connectivity index (χ2v) is 8.30. The van der Waals surface area contributed by atoms with E-state index in [1.807, 2.05) is 63.2 Å². The number of anilines is 1. The van der Waals surface area contributed by atoms with Crippen LogP contribution in [0.4, 0.5) is 5.69 Å². The second kappa shape index (κ2) is 7.80. The van der Waals surface area contributed by atoms with Gasteiger partial charge in [0.1, 0.15) is 0 Å². The number of hydrogen-bond donors (Lipinski definition) is 1. The van der Waals surface area contributed by atoms with Crippen molar-refractivity contribution in [2.45, 2.75) is 27.3 Å². The topological polar surface area (TPSA) is 66.5 Å². The summed E-state index contributed by atoms with van der Waals surface area (Å²) in [6.07, 6.45) is 1.12. The van der Waals surface area contributed by atoms with Gasteiger partial charge in [0.2, 0.25) is 15.9 Å². The lowest BCUT2D eigenvalue weighted by molar-refractivity contribution is -0.116. The molecule has 134 valence electrons. The smallest absolute Gasteiger partial charge is 0.239 e. The predicted molar refractivity (Wildman–Crippen MR) is 101 cm³/mol. The molecule has 0 fully saturated rings. The average Bonchev–Trinajstić information content (AvgIpc) is 2.50. The molecule has 0 aliphatic rings. The molecule has 1 amide bonds. The maximum absolute atomic E-state index is 12.4. The van der Waals surface area contributed by atoms with Crippen molar-refractivity contribution in [3.8, 4) is 0 Å². The fourth-order valence-corrected chi connectivity index (χ4v) is 3.28. The van der Waals surface area contributed by atoms with E-state index in [-0.39, 0.29) is 19.0 Å². The summed E-state index contributed by atoms with van der Waals surface area (Å²) >= 11 is 0. The number of hydrogen-bond acceptors (Lipinski definition) is 3. The molecule has 0 radical (unpaired) electrons. The summed E-state index contributed by atoms with van der Waals surface area (Å²) < 4.78 is 25.3. The highest BCUT2D eigenvalue weighted by molar-refractivity contribution is 7.88. The fraction of sp³-hybridized carbons (Fsp3) is 0.316. The van der Waals surface area contributed by atoms with Crippen molar-refractivity contribution in [3.63, 3.8) is 0 Å². The predicted octanol–water partition coefficient (Wildman–Crippen LogP) is 3.01. The summed E-state index contributed by atoms with van der Waals surface area (Å²) in [6, 6.07) is 13.2. The molecule has 6 heteroatoms. The molecule has 0 aliphatic carbocycles. The third kappa shape index (κ3) is 5.41. The SMILES string of the molecule is Cc1cccc(CN(CC(=O)Nc2cccc(C)c2C)S(C)(=O)=O)c1. The minimum absolute atomic E-state index is 0.167. The van der Waals surface area contributed by atoms with Gasteiger partial charge in [0.05, 0.1) is 12.8 Å². The standard InChI is InChI=1S/C19H24N2O3S/c1-14-7-5-9-17(11-14)12-21(25(4,23)24)13-19(22)20-18-10-6-8-15(2)16(18)3/h5-11H,12-13H2,1-4H3,(H,20,22). The molecule has 0 spiro atoms. The molecule has 2 aromatic carbocycles. The molecule has 0 atom stereocenters. The lowest BCUT2D eigenvalue weighted by Crippen LogP contribution is -2.37. The van der Waals surface area contributed by atoms with Crippen LogP contribution < -0.4 is 5.32 Å². The molecule has 0 aromatic heterocycles. The maximum atomic E-state index is 12.4. The van der Waals surface area contributed by atoms with E-state index in [9.17, 15) is 13.2 Å². The molecular formula is C19H24N2O3S. The van der Waals surface area contributed by atoms with E-state index >= 15 is 0 Å². The Hall–Kier alpha value is -2.18. The molecule has 5 nitrogen and oxygen atoms in total. The van der Waals surface area contributed by atoms with Crippen molar-refractivity contribution in [3.05, 3.63) is 64.7 Å². The lowest BCUT2D eigenvalue weighted by Gasteiger charge is -2.20. The molecular weight excluding hydrogens is 336 g/mol. The molecule has 0 saturated heterocycles. The van der Waals surface area contributed by atoms with E-state index in [0.717, 1.165) is 28.5 Å². The summed E-state index contributed by atoms with van der Waals surface area (Å²) in [5, 5.41) is 2.81. The van der Waals surface area contributed by atoms with Crippen LogP contribution in [0.5, 0.6) is 0 Å². The second-order valence-electron chi connectivity index (χ2n) is 6.32. The Morgan fingerprint density at radius 1 is 1.08 bits per heavy atom. The zero-order valence-corrected chi connectivity index (χ0v) is 15.9. The highest BCUT2D eigenvalue weighted by Crippen LogP contribution is 2.18. The van der Waals surface area contributed by atoms with Gasteiger partial charge in [-0.25, -0.2) is 8.42 Å². The summed E-state index contributed by atoms with van der Waals surface area (Å²) in [6.45, 7) is 5.78. The van der Waals surface area contributed by atoms with E-state index in [1.54, 1.807) is 0 Å². The zero-order chi connectivity index (χ0) is 18.6. The van der Waals surface area contributed by atoms with Crippen LogP contribution in [0.15, 0.2) is 42.5 Å². The summed E-state index contributed by atoms with van der Waals surface area (Å²) in [7, 11) is -3.51. The molecule has 0 unspecified atom stereocenters. The Labute approximate surface area is 149 Å². The van der Waals surface area contributed by atoms with Crippen molar-refractivity contribution >= 4 is 21.6 Å². The molecule has 25 heavy (non-hydrogen) atoms. The van der Waals surface area contributed by atoms with Crippen molar-refractivity contribution in [2.75, 3.05) is 18.1 Å². The molecule has 1 N–H and O–H groups in total. The average molecular weight is 360 g/mol. The highest BCUT2D eigenvalue weighted by atomic mass is 32.2. The van der Waals surface area contributed by atoms with Crippen LogP contribution >= 0.6 is 0 Å². The number of carbonyl (C=O) groups is 1.